The molecule has 1 aromatic carbocycles. The second kappa shape index (κ2) is 9.47. The van der Waals surface area contributed by atoms with Gasteiger partial charge in [-0.3, -0.25) is 10.3 Å². The van der Waals surface area contributed by atoms with Crippen LogP contribution in [0.5, 0.6) is 0 Å². The van der Waals surface area contributed by atoms with Crippen LogP contribution in [0.2, 0.25) is 0 Å². The molecular formula is C24H25N5O3. The van der Waals surface area contributed by atoms with Crippen LogP contribution in [0, 0.1) is 6.92 Å². The van der Waals surface area contributed by atoms with E-state index in [1.807, 2.05) is 42.2 Å². The van der Waals surface area contributed by atoms with Crippen molar-refractivity contribution in [2.45, 2.75) is 19.8 Å². The standard InChI is InChI=1S/C24H25N5O3/c1-16-5-6-20(27-23(30)29-9-3-4-10-29)13-21(16)19-11-18(14-25-15-19)17-7-8-26-22(12-17)28-24(31)32-2/h5-8,11-15H,3-4,9-10H2,1-2H3,(H,27,30)(H,26,28,31). The van der Waals surface area contributed by atoms with Crippen LogP contribution in [-0.4, -0.2) is 47.2 Å². The van der Waals surface area contributed by atoms with Gasteiger partial charge in [0.25, 0.3) is 0 Å². The monoisotopic (exact) mass is 431 g/mol. The van der Waals surface area contributed by atoms with Crippen LogP contribution < -0.4 is 10.6 Å². The van der Waals surface area contributed by atoms with Gasteiger partial charge in [0.2, 0.25) is 0 Å². The SMILES string of the molecule is COC(=O)Nc1cc(-c2cncc(-c3cc(NC(=O)N4CCCC4)ccc3C)c2)ccn1. The maximum atomic E-state index is 12.5. The summed E-state index contributed by atoms with van der Waals surface area (Å²) in [5.74, 6) is 0.391. The molecule has 0 saturated carbocycles. The van der Waals surface area contributed by atoms with Crippen molar-refractivity contribution in [2.24, 2.45) is 0 Å². The molecule has 3 amide bonds. The number of benzene rings is 1. The number of carbonyl (C=O) groups excluding carboxylic acids is 2. The van der Waals surface area contributed by atoms with Crippen molar-refractivity contribution in [1.82, 2.24) is 14.9 Å². The van der Waals surface area contributed by atoms with E-state index in [9.17, 15) is 9.59 Å². The van der Waals surface area contributed by atoms with E-state index in [4.69, 9.17) is 0 Å². The lowest BCUT2D eigenvalue weighted by Gasteiger charge is -2.17. The molecule has 1 aliphatic rings. The number of carbonyl (C=O) groups is 2. The summed E-state index contributed by atoms with van der Waals surface area (Å²) < 4.78 is 4.63. The fourth-order valence-electron chi connectivity index (χ4n) is 3.71. The Morgan fingerprint density at radius 1 is 0.969 bits per heavy atom. The van der Waals surface area contributed by atoms with Gasteiger partial charge in [-0.2, -0.15) is 0 Å². The third-order valence-electron chi connectivity index (χ3n) is 5.44. The normalized spacial score (nSPS) is 13.0. The van der Waals surface area contributed by atoms with Gasteiger partial charge in [0.05, 0.1) is 7.11 Å². The van der Waals surface area contributed by atoms with Crippen molar-refractivity contribution in [3.63, 3.8) is 0 Å². The number of aryl methyl sites for hydroxylation is 1. The van der Waals surface area contributed by atoms with E-state index >= 15 is 0 Å². The molecule has 0 radical (unpaired) electrons. The molecule has 2 aromatic heterocycles. The number of hydrogen-bond acceptors (Lipinski definition) is 5. The van der Waals surface area contributed by atoms with Crippen LogP contribution >= 0.6 is 0 Å². The van der Waals surface area contributed by atoms with Gasteiger partial charge >= 0.3 is 12.1 Å². The van der Waals surface area contributed by atoms with Crippen LogP contribution in [0.25, 0.3) is 22.3 Å². The first-order valence-electron chi connectivity index (χ1n) is 10.5. The number of ether oxygens (including phenoxy) is 1. The zero-order valence-electron chi connectivity index (χ0n) is 18.1. The summed E-state index contributed by atoms with van der Waals surface area (Å²) in [6, 6.07) is 11.5. The Labute approximate surface area is 186 Å². The number of amides is 3. The molecule has 0 atom stereocenters. The molecule has 1 fully saturated rings. The minimum atomic E-state index is -0.579. The number of urea groups is 1. The molecule has 0 bridgehead atoms. The highest BCUT2D eigenvalue weighted by atomic mass is 16.5. The van der Waals surface area contributed by atoms with E-state index in [-0.39, 0.29) is 6.03 Å². The number of methoxy groups -OCH3 is 1. The maximum Gasteiger partial charge on any atom is 0.412 e. The minimum Gasteiger partial charge on any atom is -0.453 e. The fourth-order valence-corrected chi connectivity index (χ4v) is 3.71. The molecule has 0 unspecified atom stereocenters. The van der Waals surface area contributed by atoms with Gasteiger partial charge in [-0.1, -0.05) is 6.07 Å². The molecule has 164 valence electrons. The highest BCUT2D eigenvalue weighted by Gasteiger charge is 2.18. The second-order valence-electron chi connectivity index (χ2n) is 7.66. The van der Waals surface area contributed by atoms with Crippen LogP contribution in [0.15, 0.2) is 55.0 Å². The highest BCUT2D eigenvalue weighted by Crippen LogP contribution is 2.30. The quantitative estimate of drug-likeness (QED) is 0.611. The smallest absolute Gasteiger partial charge is 0.412 e. The van der Waals surface area contributed by atoms with Gasteiger partial charge < -0.3 is 15.0 Å². The van der Waals surface area contributed by atoms with Crippen LogP contribution in [0.4, 0.5) is 21.1 Å². The molecule has 8 nitrogen and oxygen atoms in total. The zero-order valence-corrected chi connectivity index (χ0v) is 18.1. The Kier molecular flexibility index (Phi) is 6.30. The summed E-state index contributed by atoms with van der Waals surface area (Å²) in [7, 11) is 1.30. The summed E-state index contributed by atoms with van der Waals surface area (Å²) in [6.07, 6.45) is 6.70. The number of anilines is 2. The number of nitrogens with zero attached hydrogens (tertiary/aromatic N) is 3. The van der Waals surface area contributed by atoms with Crippen molar-refractivity contribution in [3.8, 4) is 22.3 Å². The molecule has 4 rings (SSSR count). The van der Waals surface area contributed by atoms with Crippen molar-refractivity contribution in [1.29, 1.82) is 0 Å². The Morgan fingerprint density at radius 2 is 1.75 bits per heavy atom. The van der Waals surface area contributed by atoms with Gasteiger partial charge in [0.15, 0.2) is 0 Å². The Morgan fingerprint density at radius 3 is 2.53 bits per heavy atom. The van der Waals surface area contributed by atoms with E-state index in [0.29, 0.717) is 5.82 Å². The molecule has 1 aliphatic heterocycles. The van der Waals surface area contributed by atoms with Crippen molar-refractivity contribution < 1.29 is 14.3 Å². The molecular weight excluding hydrogens is 406 g/mol. The third kappa shape index (κ3) is 4.85. The Bertz CT molecular complexity index is 1140. The first-order chi connectivity index (χ1) is 15.5. The predicted octanol–water partition coefficient (Wildman–Crippen LogP) is 4.93. The van der Waals surface area contributed by atoms with E-state index in [2.05, 4.69) is 25.3 Å². The lowest BCUT2D eigenvalue weighted by atomic mass is 9.98. The average Bonchev–Trinajstić information content (AvgIpc) is 3.36. The molecule has 2 N–H and O–H groups in total. The number of hydrogen-bond donors (Lipinski definition) is 2. The topological polar surface area (TPSA) is 96.4 Å². The number of aromatic nitrogens is 2. The van der Waals surface area contributed by atoms with Gasteiger partial charge in [-0.15, -0.1) is 0 Å². The molecule has 8 heteroatoms. The maximum absolute atomic E-state index is 12.5. The van der Waals surface area contributed by atoms with Gasteiger partial charge in [0, 0.05) is 48.5 Å². The van der Waals surface area contributed by atoms with Crippen molar-refractivity contribution in [3.05, 3.63) is 60.6 Å². The molecule has 32 heavy (non-hydrogen) atoms. The van der Waals surface area contributed by atoms with Gasteiger partial charge in [-0.05, 0) is 66.8 Å². The number of rotatable bonds is 4. The van der Waals surface area contributed by atoms with Gasteiger partial charge in [0.1, 0.15) is 5.82 Å². The van der Waals surface area contributed by atoms with Gasteiger partial charge in [-0.25, -0.2) is 14.6 Å². The van der Waals surface area contributed by atoms with Crippen molar-refractivity contribution in [2.75, 3.05) is 30.8 Å². The van der Waals surface area contributed by atoms with Crippen molar-refractivity contribution >= 4 is 23.6 Å². The van der Waals surface area contributed by atoms with Crippen LogP contribution in [0.1, 0.15) is 18.4 Å². The van der Waals surface area contributed by atoms with Crippen LogP contribution in [0.3, 0.4) is 0 Å². The van der Waals surface area contributed by atoms with E-state index < -0.39 is 6.09 Å². The average molecular weight is 431 g/mol. The number of nitrogens with one attached hydrogen (secondary N) is 2. The molecule has 0 aliphatic carbocycles. The number of pyridine rings is 2. The van der Waals surface area contributed by atoms with E-state index in [1.165, 1.54) is 7.11 Å². The summed E-state index contributed by atoms with van der Waals surface area (Å²) in [5.41, 5.74) is 5.48. The Hall–Kier alpha value is -3.94. The fraction of sp³-hybridized carbons (Fsp3) is 0.250. The third-order valence-corrected chi connectivity index (χ3v) is 5.44. The summed E-state index contributed by atoms with van der Waals surface area (Å²) in [4.78, 5) is 34.3. The number of likely N-dealkylation sites (tertiary alicyclic amines) is 1. The van der Waals surface area contributed by atoms with E-state index in [1.54, 1.807) is 24.7 Å². The zero-order chi connectivity index (χ0) is 22.5. The molecule has 1 saturated heterocycles. The Balaban J connectivity index is 1.60. The first-order valence-corrected chi connectivity index (χ1v) is 10.5. The minimum absolute atomic E-state index is 0.0633. The lowest BCUT2D eigenvalue weighted by Crippen LogP contribution is -2.32. The molecule has 0 spiro atoms. The first kappa shape index (κ1) is 21.3. The predicted molar refractivity (Wildman–Crippen MR) is 123 cm³/mol. The summed E-state index contributed by atoms with van der Waals surface area (Å²) in [5, 5.41) is 5.57. The molecule has 3 aromatic rings. The largest absolute Gasteiger partial charge is 0.453 e. The highest BCUT2D eigenvalue weighted by molar-refractivity contribution is 5.91. The lowest BCUT2D eigenvalue weighted by molar-refractivity contribution is 0.187. The second-order valence-corrected chi connectivity index (χ2v) is 7.66. The molecule has 3 heterocycles. The summed E-state index contributed by atoms with van der Waals surface area (Å²) in [6.45, 7) is 3.63. The summed E-state index contributed by atoms with van der Waals surface area (Å²) >= 11 is 0. The van der Waals surface area contributed by atoms with Crippen LogP contribution in [-0.2, 0) is 4.74 Å². The van der Waals surface area contributed by atoms with E-state index in [0.717, 1.165) is 59.4 Å².